The van der Waals surface area contributed by atoms with Crippen LogP contribution in [0.4, 0.5) is 15.3 Å². The molecule has 2 saturated heterocycles. The first-order valence-corrected chi connectivity index (χ1v) is 13.8. The van der Waals surface area contributed by atoms with Crippen molar-refractivity contribution in [1.29, 1.82) is 5.26 Å². The van der Waals surface area contributed by atoms with Gasteiger partial charge in [-0.05, 0) is 24.1 Å². The molecule has 0 aliphatic carbocycles. The van der Waals surface area contributed by atoms with E-state index in [2.05, 4.69) is 6.07 Å². The summed E-state index contributed by atoms with van der Waals surface area (Å²) in [6.07, 6.45) is -1.93. The van der Waals surface area contributed by atoms with Gasteiger partial charge in [0.1, 0.15) is 18.7 Å². The van der Waals surface area contributed by atoms with Crippen molar-refractivity contribution in [3.8, 4) is 6.07 Å². The number of halogens is 3. The van der Waals surface area contributed by atoms with Crippen LogP contribution in [0.25, 0.3) is 0 Å². The molecule has 4 rings (SSSR count). The number of carbonyl (C=O) groups is 3. The van der Waals surface area contributed by atoms with E-state index < -0.39 is 34.7 Å². The minimum Gasteiger partial charge on any atom is -0.465 e. The Balaban J connectivity index is 1.48. The summed E-state index contributed by atoms with van der Waals surface area (Å²) in [6.45, 7) is 1.29. The van der Waals surface area contributed by atoms with Crippen LogP contribution in [0.15, 0.2) is 54.6 Å². The lowest BCUT2D eigenvalue weighted by Gasteiger charge is -2.38. The van der Waals surface area contributed by atoms with Crippen molar-refractivity contribution in [2.45, 2.75) is 28.8 Å². The molecule has 2 fully saturated rings. The number of anilines is 1. The Labute approximate surface area is 247 Å². The Hall–Kier alpha value is -3.39. The van der Waals surface area contributed by atoms with Crippen LogP contribution in [-0.2, 0) is 16.1 Å². The van der Waals surface area contributed by atoms with Crippen molar-refractivity contribution in [2.24, 2.45) is 0 Å². The number of hydrogen-bond acceptors (Lipinski definition) is 6. The molecule has 212 valence electrons. The smallest absolute Gasteiger partial charge is 0.410 e. The first kappa shape index (κ1) is 29.6. The van der Waals surface area contributed by atoms with E-state index in [0.29, 0.717) is 31.7 Å². The minimum absolute atomic E-state index is 0.0725. The lowest BCUT2D eigenvalue weighted by atomic mass is 10.1. The maximum Gasteiger partial charge on any atom is 0.410 e. The number of benzene rings is 2. The van der Waals surface area contributed by atoms with Crippen LogP contribution >= 0.6 is 34.8 Å². The standard InChI is InChI=1S/C27H28Cl3N5O5/c28-27(29,30)18-40-26(39)34(16-19-6-2-1-3-7-19)21-14-23(35(17-21)25(37)38)24(36)33-12-10-32(11-13-33)22-9-5-4-8-20(22)15-31/h1-9,21,23H,10-14,16-18H2,(H,37,38). The van der Waals surface area contributed by atoms with Crippen LogP contribution in [0.3, 0.4) is 0 Å². The van der Waals surface area contributed by atoms with Crippen LogP contribution in [0, 0.1) is 11.3 Å². The largest absolute Gasteiger partial charge is 0.465 e. The molecule has 2 aliphatic heterocycles. The Bertz CT molecular complexity index is 1260. The number of carbonyl (C=O) groups excluding carboxylic acids is 2. The molecule has 10 nitrogen and oxygen atoms in total. The highest BCUT2D eigenvalue weighted by Gasteiger charge is 2.45. The van der Waals surface area contributed by atoms with Gasteiger partial charge >= 0.3 is 12.2 Å². The average molecular weight is 609 g/mol. The van der Waals surface area contributed by atoms with Gasteiger partial charge in [0, 0.05) is 39.3 Å². The number of ether oxygens (including phenoxy) is 1. The summed E-state index contributed by atoms with van der Waals surface area (Å²) in [5, 5.41) is 19.4. The summed E-state index contributed by atoms with van der Waals surface area (Å²) in [5.41, 5.74) is 2.15. The van der Waals surface area contributed by atoms with Gasteiger partial charge in [0.05, 0.1) is 17.3 Å². The predicted molar refractivity (Wildman–Crippen MR) is 150 cm³/mol. The zero-order chi connectivity index (χ0) is 28.9. The number of rotatable bonds is 6. The SMILES string of the molecule is N#Cc1ccccc1N1CCN(C(=O)C2CC(N(Cc3ccccc3)C(=O)OCC(Cl)(Cl)Cl)CN2C(=O)O)CC1. The molecule has 0 aromatic heterocycles. The molecule has 3 amide bonds. The summed E-state index contributed by atoms with van der Waals surface area (Å²) in [7, 11) is 0. The van der Waals surface area contributed by atoms with Gasteiger partial charge in [0.2, 0.25) is 9.70 Å². The third-order valence-electron chi connectivity index (χ3n) is 7.00. The molecule has 2 aromatic rings. The Kier molecular flexibility index (Phi) is 9.51. The lowest BCUT2D eigenvalue weighted by molar-refractivity contribution is -0.135. The van der Waals surface area contributed by atoms with Crippen molar-refractivity contribution >= 4 is 58.6 Å². The Morgan fingerprint density at radius 2 is 1.68 bits per heavy atom. The topological polar surface area (TPSA) is 117 Å². The van der Waals surface area contributed by atoms with Gasteiger partial charge in [-0.15, -0.1) is 0 Å². The van der Waals surface area contributed by atoms with Crippen molar-refractivity contribution in [3.63, 3.8) is 0 Å². The van der Waals surface area contributed by atoms with Gasteiger partial charge in [-0.3, -0.25) is 14.6 Å². The molecule has 0 radical (unpaired) electrons. The van der Waals surface area contributed by atoms with E-state index in [1.807, 2.05) is 47.4 Å². The summed E-state index contributed by atoms with van der Waals surface area (Å²) in [4.78, 5) is 45.0. The molecular weight excluding hydrogens is 581 g/mol. The second-order valence-electron chi connectivity index (χ2n) is 9.56. The van der Waals surface area contributed by atoms with Crippen molar-refractivity contribution in [1.82, 2.24) is 14.7 Å². The van der Waals surface area contributed by atoms with Crippen LogP contribution in [0.1, 0.15) is 17.5 Å². The monoisotopic (exact) mass is 607 g/mol. The molecule has 13 heteroatoms. The van der Waals surface area contributed by atoms with E-state index in [4.69, 9.17) is 39.5 Å². The number of nitriles is 1. The van der Waals surface area contributed by atoms with Gasteiger partial charge in [-0.1, -0.05) is 77.3 Å². The number of para-hydroxylation sites is 1. The molecule has 2 aromatic carbocycles. The van der Waals surface area contributed by atoms with Crippen LogP contribution in [0.5, 0.6) is 0 Å². The molecule has 2 unspecified atom stereocenters. The summed E-state index contributed by atoms with van der Waals surface area (Å²) in [6, 6.07) is 17.0. The number of alkyl halides is 3. The minimum atomic E-state index is -1.81. The van der Waals surface area contributed by atoms with Crippen molar-refractivity contribution in [2.75, 3.05) is 44.2 Å². The van der Waals surface area contributed by atoms with Gasteiger partial charge in [0.15, 0.2) is 0 Å². The van der Waals surface area contributed by atoms with Crippen molar-refractivity contribution in [3.05, 3.63) is 65.7 Å². The molecular formula is C27H28Cl3N5O5. The van der Waals surface area contributed by atoms with E-state index in [0.717, 1.165) is 16.2 Å². The molecule has 2 aliphatic rings. The average Bonchev–Trinajstić information content (AvgIpc) is 3.40. The van der Waals surface area contributed by atoms with Crippen LogP contribution in [0.2, 0.25) is 0 Å². The molecule has 2 atom stereocenters. The highest BCUT2D eigenvalue weighted by atomic mass is 35.6. The van der Waals surface area contributed by atoms with Gasteiger partial charge in [-0.2, -0.15) is 5.26 Å². The summed E-state index contributed by atoms with van der Waals surface area (Å²) < 4.78 is 3.42. The van der Waals surface area contributed by atoms with Gasteiger partial charge < -0.3 is 19.6 Å². The highest BCUT2D eigenvalue weighted by Crippen LogP contribution is 2.30. The fourth-order valence-electron chi connectivity index (χ4n) is 5.06. The van der Waals surface area contributed by atoms with E-state index in [1.54, 1.807) is 17.0 Å². The fourth-order valence-corrected chi connectivity index (χ4v) is 5.22. The summed E-state index contributed by atoms with van der Waals surface area (Å²) in [5.74, 6) is -0.326. The Morgan fingerprint density at radius 3 is 2.30 bits per heavy atom. The van der Waals surface area contributed by atoms with E-state index in [1.165, 1.54) is 4.90 Å². The molecule has 2 heterocycles. The zero-order valence-electron chi connectivity index (χ0n) is 21.5. The molecule has 0 saturated carbocycles. The lowest BCUT2D eigenvalue weighted by Crippen LogP contribution is -2.54. The second-order valence-corrected chi connectivity index (χ2v) is 12.1. The number of nitrogens with zero attached hydrogens (tertiary/aromatic N) is 5. The van der Waals surface area contributed by atoms with Crippen molar-refractivity contribution < 1.29 is 24.2 Å². The van der Waals surface area contributed by atoms with Gasteiger partial charge in [-0.25, -0.2) is 9.59 Å². The molecule has 1 N–H and O–H groups in total. The van der Waals surface area contributed by atoms with Crippen LogP contribution < -0.4 is 4.90 Å². The summed E-state index contributed by atoms with van der Waals surface area (Å²) >= 11 is 17.3. The van der Waals surface area contributed by atoms with Gasteiger partial charge in [0.25, 0.3) is 0 Å². The second kappa shape index (κ2) is 12.9. The number of amides is 3. The first-order valence-electron chi connectivity index (χ1n) is 12.6. The molecule has 0 spiro atoms. The molecule has 40 heavy (non-hydrogen) atoms. The normalized spacial score (nSPS) is 19.2. The number of likely N-dealkylation sites (tertiary alicyclic amines) is 1. The van der Waals surface area contributed by atoms with E-state index >= 15 is 0 Å². The zero-order valence-corrected chi connectivity index (χ0v) is 23.7. The number of piperazine rings is 1. The first-order chi connectivity index (χ1) is 19.1. The third-order valence-corrected chi connectivity index (χ3v) is 7.32. The quantitative estimate of drug-likeness (QED) is 0.485. The predicted octanol–water partition coefficient (Wildman–Crippen LogP) is 4.34. The fraction of sp³-hybridized carbons (Fsp3) is 0.407. The van der Waals surface area contributed by atoms with E-state index in [9.17, 15) is 24.8 Å². The number of carboxylic acid groups (broad SMARTS) is 1. The van der Waals surface area contributed by atoms with E-state index in [-0.39, 0.29) is 25.4 Å². The molecule has 0 bridgehead atoms. The maximum atomic E-state index is 13.6. The third kappa shape index (κ3) is 7.22. The highest BCUT2D eigenvalue weighted by molar-refractivity contribution is 6.67. The number of hydrogen-bond donors (Lipinski definition) is 1. The van der Waals surface area contributed by atoms with Crippen LogP contribution in [-0.4, -0.2) is 93.1 Å². The Morgan fingerprint density at radius 1 is 1.02 bits per heavy atom. The maximum absolute atomic E-state index is 13.6.